The summed E-state index contributed by atoms with van der Waals surface area (Å²) in [7, 11) is 2.04. The molecule has 1 N–H and O–H groups in total. The lowest BCUT2D eigenvalue weighted by Gasteiger charge is -2.21. The lowest BCUT2D eigenvalue weighted by molar-refractivity contribution is 0.370. The molecule has 2 rings (SSSR count). The number of aromatic nitrogens is 1. The molecule has 0 amide bonds. The number of guanidine groups is 1. The summed E-state index contributed by atoms with van der Waals surface area (Å²) in [6.07, 6.45) is 6.07. The molecule has 6 heteroatoms. The van der Waals surface area contributed by atoms with Crippen LogP contribution < -0.4 is 10.1 Å². The molecule has 0 aliphatic carbocycles. The SMILES string of the molecule is C#CCOc1ccc(CCN=C(NCC)N(C)Cc2csc(C)n2)cc1. The van der Waals surface area contributed by atoms with Crippen LogP contribution >= 0.6 is 11.3 Å². The Kier molecular flexibility index (Phi) is 7.97. The van der Waals surface area contributed by atoms with Gasteiger partial charge in [0.2, 0.25) is 0 Å². The third kappa shape index (κ3) is 6.41. The molecule has 0 aliphatic rings. The number of rotatable bonds is 8. The van der Waals surface area contributed by atoms with Gasteiger partial charge in [0, 0.05) is 25.5 Å². The second-order valence-corrected chi connectivity index (χ2v) is 6.90. The molecule has 1 heterocycles. The molecular weight excluding hydrogens is 344 g/mol. The zero-order chi connectivity index (χ0) is 18.8. The fourth-order valence-corrected chi connectivity index (χ4v) is 3.04. The Morgan fingerprint density at radius 2 is 2.15 bits per heavy atom. The molecule has 0 atom stereocenters. The minimum atomic E-state index is 0.292. The molecule has 0 radical (unpaired) electrons. The first kappa shape index (κ1) is 19.8. The number of thiazole rings is 1. The Hall–Kier alpha value is -2.52. The fraction of sp³-hybridized carbons (Fsp3) is 0.400. The number of hydrogen-bond acceptors (Lipinski definition) is 4. The summed E-state index contributed by atoms with van der Waals surface area (Å²) in [5.41, 5.74) is 2.29. The van der Waals surface area contributed by atoms with Crippen LogP contribution in [0, 0.1) is 19.3 Å². The molecule has 0 saturated carbocycles. The van der Waals surface area contributed by atoms with E-state index >= 15 is 0 Å². The van der Waals surface area contributed by atoms with Crippen molar-refractivity contribution in [2.24, 2.45) is 4.99 Å². The standard InChI is InChI=1S/C20H26N4OS/c1-5-13-25-19-9-7-17(8-10-19)11-12-22-20(21-6-2)24(4)14-18-15-26-16(3)23-18/h1,7-10,15H,6,11-14H2,2-4H3,(H,21,22). The third-order valence-corrected chi connectivity index (χ3v) is 4.49. The molecule has 5 nitrogen and oxygen atoms in total. The lowest BCUT2D eigenvalue weighted by Crippen LogP contribution is -2.38. The molecule has 0 saturated heterocycles. The normalized spacial score (nSPS) is 11.1. The van der Waals surface area contributed by atoms with Gasteiger partial charge in [-0.25, -0.2) is 4.98 Å². The maximum Gasteiger partial charge on any atom is 0.194 e. The molecule has 0 aliphatic heterocycles. The van der Waals surface area contributed by atoms with E-state index in [2.05, 4.69) is 45.6 Å². The average molecular weight is 371 g/mol. The van der Waals surface area contributed by atoms with E-state index in [-0.39, 0.29) is 0 Å². The molecule has 1 aromatic carbocycles. The highest BCUT2D eigenvalue weighted by molar-refractivity contribution is 7.09. The van der Waals surface area contributed by atoms with Gasteiger partial charge in [0.05, 0.1) is 17.2 Å². The maximum atomic E-state index is 5.39. The first-order valence-electron chi connectivity index (χ1n) is 8.68. The summed E-state index contributed by atoms with van der Waals surface area (Å²) >= 11 is 1.67. The van der Waals surface area contributed by atoms with E-state index in [0.717, 1.165) is 41.9 Å². The number of ether oxygens (including phenoxy) is 1. The largest absolute Gasteiger partial charge is 0.481 e. The van der Waals surface area contributed by atoms with Crippen molar-refractivity contribution in [1.82, 2.24) is 15.2 Å². The average Bonchev–Trinajstić information content (AvgIpc) is 3.05. The Labute approximate surface area is 160 Å². The minimum absolute atomic E-state index is 0.292. The van der Waals surface area contributed by atoms with E-state index in [1.807, 2.05) is 26.1 Å². The predicted octanol–water partition coefficient (Wildman–Crippen LogP) is 3.10. The number of hydrogen-bond donors (Lipinski definition) is 1. The first-order chi connectivity index (χ1) is 12.6. The van der Waals surface area contributed by atoms with Crippen molar-refractivity contribution >= 4 is 17.3 Å². The topological polar surface area (TPSA) is 49.8 Å². The van der Waals surface area contributed by atoms with E-state index < -0.39 is 0 Å². The van der Waals surface area contributed by atoms with Crippen molar-refractivity contribution in [3.05, 3.63) is 45.9 Å². The van der Waals surface area contributed by atoms with Gasteiger partial charge in [-0.05, 0) is 38.0 Å². The van der Waals surface area contributed by atoms with Crippen LogP contribution in [0.1, 0.15) is 23.2 Å². The van der Waals surface area contributed by atoms with Crippen LogP contribution in [0.5, 0.6) is 5.75 Å². The van der Waals surface area contributed by atoms with Crippen LogP contribution in [0.4, 0.5) is 0 Å². The van der Waals surface area contributed by atoms with E-state index in [1.165, 1.54) is 5.56 Å². The third-order valence-electron chi connectivity index (χ3n) is 3.67. The van der Waals surface area contributed by atoms with Gasteiger partial charge >= 0.3 is 0 Å². The van der Waals surface area contributed by atoms with Gasteiger partial charge in [-0.15, -0.1) is 17.8 Å². The van der Waals surface area contributed by atoms with Gasteiger partial charge in [-0.1, -0.05) is 18.1 Å². The van der Waals surface area contributed by atoms with Crippen molar-refractivity contribution in [3.63, 3.8) is 0 Å². The van der Waals surface area contributed by atoms with Crippen molar-refractivity contribution in [3.8, 4) is 18.1 Å². The number of nitrogens with one attached hydrogen (secondary N) is 1. The number of aliphatic imine (C=N–C) groups is 1. The Balaban J connectivity index is 1.90. The van der Waals surface area contributed by atoms with Gasteiger partial charge in [0.15, 0.2) is 5.96 Å². The highest BCUT2D eigenvalue weighted by Gasteiger charge is 2.08. The predicted molar refractivity (Wildman–Crippen MR) is 109 cm³/mol. The minimum Gasteiger partial charge on any atom is -0.481 e. The summed E-state index contributed by atoms with van der Waals surface area (Å²) in [5.74, 6) is 4.15. The molecule has 1 aromatic heterocycles. The number of terminal acetylenes is 1. The lowest BCUT2D eigenvalue weighted by atomic mass is 10.1. The van der Waals surface area contributed by atoms with Crippen LogP contribution in [-0.4, -0.2) is 42.6 Å². The first-order valence-corrected chi connectivity index (χ1v) is 9.56. The van der Waals surface area contributed by atoms with Crippen molar-refractivity contribution in [2.45, 2.75) is 26.8 Å². The van der Waals surface area contributed by atoms with Gasteiger partial charge < -0.3 is 15.0 Å². The monoisotopic (exact) mass is 370 g/mol. The second kappa shape index (κ2) is 10.5. The highest BCUT2D eigenvalue weighted by Crippen LogP contribution is 2.13. The van der Waals surface area contributed by atoms with Crippen LogP contribution in [0.25, 0.3) is 0 Å². The summed E-state index contributed by atoms with van der Waals surface area (Å²) in [4.78, 5) is 11.4. The quantitative estimate of drug-likeness (QED) is 0.441. The zero-order valence-electron chi connectivity index (χ0n) is 15.7. The molecule has 26 heavy (non-hydrogen) atoms. The zero-order valence-corrected chi connectivity index (χ0v) is 16.5. The second-order valence-electron chi connectivity index (χ2n) is 5.84. The Morgan fingerprint density at radius 1 is 1.38 bits per heavy atom. The smallest absolute Gasteiger partial charge is 0.194 e. The number of benzene rings is 1. The van der Waals surface area contributed by atoms with Crippen molar-refractivity contribution in [1.29, 1.82) is 0 Å². The van der Waals surface area contributed by atoms with E-state index in [1.54, 1.807) is 11.3 Å². The van der Waals surface area contributed by atoms with E-state index in [4.69, 9.17) is 16.2 Å². The van der Waals surface area contributed by atoms with Gasteiger partial charge in [0.25, 0.3) is 0 Å². The van der Waals surface area contributed by atoms with Crippen LogP contribution in [0.3, 0.4) is 0 Å². The van der Waals surface area contributed by atoms with Gasteiger partial charge in [-0.2, -0.15) is 0 Å². The molecular formula is C20H26N4OS. The fourth-order valence-electron chi connectivity index (χ4n) is 2.44. The molecule has 0 unspecified atom stereocenters. The van der Waals surface area contributed by atoms with Gasteiger partial charge in [0.1, 0.15) is 12.4 Å². The van der Waals surface area contributed by atoms with Crippen molar-refractivity contribution in [2.75, 3.05) is 26.7 Å². The molecule has 138 valence electrons. The molecule has 0 bridgehead atoms. The van der Waals surface area contributed by atoms with Crippen molar-refractivity contribution < 1.29 is 4.74 Å². The van der Waals surface area contributed by atoms with Gasteiger partial charge in [-0.3, -0.25) is 4.99 Å². The summed E-state index contributed by atoms with van der Waals surface area (Å²) < 4.78 is 5.39. The molecule has 0 fully saturated rings. The van der Waals surface area contributed by atoms with Crippen LogP contribution in [0.2, 0.25) is 0 Å². The van der Waals surface area contributed by atoms with Crippen LogP contribution in [0.15, 0.2) is 34.6 Å². The summed E-state index contributed by atoms with van der Waals surface area (Å²) in [6, 6.07) is 7.99. The molecule has 0 spiro atoms. The molecule has 2 aromatic rings. The Morgan fingerprint density at radius 3 is 2.77 bits per heavy atom. The van der Waals surface area contributed by atoms with E-state index in [9.17, 15) is 0 Å². The number of aryl methyl sites for hydroxylation is 1. The highest BCUT2D eigenvalue weighted by atomic mass is 32.1. The van der Waals surface area contributed by atoms with E-state index in [0.29, 0.717) is 13.2 Å². The maximum absolute atomic E-state index is 5.39. The summed E-state index contributed by atoms with van der Waals surface area (Å²) in [6.45, 7) is 6.69. The Bertz CT molecular complexity index is 746. The van der Waals surface area contributed by atoms with Crippen LogP contribution in [-0.2, 0) is 13.0 Å². The summed E-state index contributed by atoms with van der Waals surface area (Å²) in [5, 5.41) is 6.53. The number of nitrogens with zero attached hydrogens (tertiary/aromatic N) is 3.